The lowest BCUT2D eigenvalue weighted by molar-refractivity contribution is 0.0240. The van der Waals surface area contributed by atoms with E-state index in [0.29, 0.717) is 0 Å². The van der Waals surface area contributed by atoms with Gasteiger partial charge in [0.15, 0.2) is 0 Å². The molecule has 0 radical (unpaired) electrons. The quantitative estimate of drug-likeness (QED) is 0.553. The molecule has 7 heteroatoms. The Morgan fingerprint density at radius 2 is 2.20 bits per heavy atom. The second kappa shape index (κ2) is 2.50. The number of hydrogen-bond acceptors (Lipinski definition) is 7. The second-order valence-electron chi connectivity index (χ2n) is 1.39. The first kappa shape index (κ1) is 6.78. The van der Waals surface area contributed by atoms with Crippen molar-refractivity contribution < 1.29 is 19.8 Å². The molecule has 0 aliphatic carbocycles. The predicted molar refractivity (Wildman–Crippen MR) is 26.9 cm³/mol. The Morgan fingerprint density at radius 1 is 1.50 bits per heavy atom. The van der Waals surface area contributed by atoms with Gasteiger partial charge in [-0.2, -0.15) is 0 Å². The molecule has 10 heavy (non-hydrogen) atoms. The maximum absolute atomic E-state index is 8.37. The van der Waals surface area contributed by atoms with Crippen molar-refractivity contribution in [2.75, 3.05) is 12.3 Å². The van der Waals surface area contributed by atoms with E-state index < -0.39 is 0 Å². The van der Waals surface area contributed by atoms with Gasteiger partial charge in [0.2, 0.25) is 0 Å². The van der Waals surface area contributed by atoms with E-state index in [4.69, 9.17) is 10.4 Å². The van der Waals surface area contributed by atoms with Gasteiger partial charge in [-0.1, -0.05) is 0 Å². The molecule has 0 saturated heterocycles. The smallest absolute Gasteiger partial charge is 0.305 e. The van der Waals surface area contributed by atoms with Crippen LogP contribution >= 0.6 is 0 Å². The maximum Gasteiger partial charge on any atom is 0.305 e. The van der Waals surface area contributed by atoms with Crippen LogP contribution in [0.3, 0.4) is 0 Å². The van der Waals surface area contributed by atoms with E-state index in [-0.39, 0.29) is 16.9 Å². The van der Waals surface area contributed by atoms with Gasteiger partial charge in [0.05, 0.1) is 7.11 Å². The molecule has 1 rings (SSSR count). The van der Waals surface area contributed by atoms with Gasteiger partial charge in [-0.25, -0.2) is 4.63 Å². The first-order valence-corrected chi connectivity index (χ1v) is 2.30. The Balaban J connectivity index is 2.90. The Morgan fingerprint density at radius 3 is 2.60 bits per heavy atom. The van der Waals surface area contributed by atoms with Gasteiger partial charge in [-0.15, -0.1) is 5.23 Å². The van der Waals surface area contributed by atoms with Crippen molar-refractivity contribution in [3.8, 4) is 5.88 Å². The molecule has 7 nitrogen and oxygen atoms in total. The minimum Gasteiger partial charge on any atom is -0.476 e. The Bertz CT molecular complexity index is 209. The average molecular weight is 147 g/mol. The monoisotopic (exact) mass is 147 g/mol. The zero-order valence-electron chi connectivity index (χ0n) is 5.05. The summed E-state index contributed by atoms with van der Waals surface area (Å²) in [5, 5.41) is 22.8. The summed E-state index contributed by atoms with van der Waals surface area (Å²) in [6.07, 6.45) is 0. The van der Waals surface area contributed by atoms with Crippen LogP contribution in [0.1, 0.15) is 0 Å². The van der Waals surface area contributed by atoms with Crippen LogP contribution in [0.25, 0.3) is 0 Å². The molecule has 0 aromatic carbocycles. The Kier molecular flexibility index (Phi) is 1.69. The molecule has 1 aromatic rings. The zero-order chi connectivity index (χ0) is 7.56. The first-order valence-electron chi connectivity index (χ1n) is 2.30. The van der Waals surface area contributed by atoms with Gasteiger partial charge < -0.3 is 4.74 Å². The highest BCUT2D eigenvalue weighted by atomic mass is 16.8. The lowest BCUT2D eigenvalue weighted by Gasteiger charge is -2.01. The fourth-order valence-corrected chi connectivity index (χ4v) is 0.427. The second-order valence-corrected chi connectivity index (χ2v) is 1.39. The van der Waals surface area contributed by atoms with Crippen LogP contribution in [-0.4, -0.2) is 27.8 Å². The number of anilines is 1. The minimum atomic E-state index is -0.289. The lowest BCUT2D eigenvalue weighted by Crippen LogP contribution is -2.12. The predicted octanol–water partition coefficient (Wildman–Crippen LogP) is -0.337. The van der Waals surface area contributed by atoms with Gasteiger partial charge >= 0.3 is 5.88 Å². The third-order valence-corrected chi connectivity index (χ3v) is 0.825. The molecule has 0 aliphatic rings. The van der Waals surface area contributed by atoms with E-state index in [1.54, 1.807) is 0 Å². The Labute approximate surface area is 55.3 Å². The molecule has 1 aromatic heterocycles. The molecule has 1 heterocycles. The van der Waals surface area contributed by atoms with Crippen LogP contribution in [0, 0.1) is 0 Å². The third kappa shape index (κ3) is 0.993. The number of ether oxygens (including phenoxy) is 1. The van der Waals surface area contributed by atoms with Crippen LogP contribution in [-0.2, 0) is 0 Å². The summed E-state index contributed by atoms with van der Waals surface area (Å²) >= 11 is 0. The van der Waals surface area contributed by atoms with Gasteiger partial charge in [0, 0.05) is 0 Å². The summed E-state index contributed by atoms with van der Waals surface area (Å²) in [4.78, 5) is 0. The van der Waals surface area contributed by atoms with Crippen LogP contribution in [0.5, 0.6) is 5.88 Å². The molecule has 0 atom stereocenters. The SMILES string of the molecule is COc1nonc1N(O)O. The van der Waals surface area contributed by atoms with Crippen molar-refractivity contribution in [2.45, 2.75) is 0 Å². The van der Waals surface area contributed by atoms with E-state index in [2.05, 4.69) is 19.7 Å². The Hall–Kier alpha value is -1.34. The molecule has 0 aliphatic heterocycles. The molecular weight excluding hydrogens is 142 g/mol. The van der Waals surface area contributed by atoms with Gasteiger partial charge in [-0.05, 0) is 10.3 Å². The van der Waals surface area contributed by atoms with Gasteiger partial charge in [-0.3, -0.25) is 10.4 Å². The fourth-order valence-electron chi connectivity index (χ4n) is 0.427. The summed E-state index contributed by atoms with van der Waals surface area (Å²) in [6.45, 7) is 0. The largest absolute Gasteiger partial charge is 0.476 e. The highest BCUT2D eigenvalue weighted by Gasteiger charge is 2.14. The van der Waals surface area contributed by atoms with Crippen molar-refractivity contribution >= 4 is 5.82 Å². The maximum atomic E-state index is 8.37. The van der Waals surface area contributed by atoms with Gasteiger partial charge in [0.1, 0.15) is 0 Å². The highest BCUT2D eigenvalue weighted by molar-refractivity contribution is 5.40. The zero-order valence-corrected chi connectivity index (χ0v) is 5.05. The van der Waals surface area contributed by atoms with Crippen molar-refractivity contribution in [2.24, 2.45) is 0 Å². The van der Waals surface area contributed by atoms with Gasteiger partial charge in [0.25, 0.3) is 5.82 Å². The molecule has 0 amide bonds. The van der Waals surface area contributed by atoms with E-state index in [0.717, 1.165) is 0 Å². The standard InChI is InChI=1S/C3H5N3O4/c1-9-3-2(6(7)8)4-10-5-3/h7-8H,1H3. The fraction of sp³-hybridized carbons (Fsp3) is 0.333. The van der Waals surface area contributed by atoms with Crippen LogP contribution in [0.2, 0.25) is 0 Å². The normalized spacial score (nSPS) is 9.50. The van der Waals surface area contributed by atoms with E-state index >= 15 is 0 Å². The number of nitrogens with zero attached hydrogens (tertiary/aromatic N) is 3. The highest BCUT2D eigenvalue weighted by Crippen LogP contribution is 2.19. The van der Waals surface area contributed by atoms with Crippen molar-refractivity contribution in [3.63, 3.8) is 0 Å². The van der Waals surface area contributed by atoms with E-state index in [1.807, 2.05) is 0 Å². The molecule has 56 valence electrons. The number of hydrogen-bond donors (Lipinski definition) is 2. The number of rotatable bonds is 2. The molecule has 0 spiro atoms. The van der Waals surface area contributed by atoms with Crippen molar-refractivity contribution in [1.82, 2.24) is 10.3 Å². The summed E-state index contributed by atoms with van der Waals surface area (Å²) in [5.74, 6) is -0.382. The van der Waals surface area contributed by atoms with Crippen LogP contribution in [0.4, 0.5) is 5.82 Å². The number of methoxy groups -OCH3 is 1. The molecule has 0 fully saturated rings. The minimum absolute atomic E-state index is 0.0926. The summed E-state index contributed by atoms with van der Waals surface area (Å²) in [6, 6.07) is 0. The van der Waals surface area contributed by atoms with E-state index in [1.165, 1.54) is 7.11 Å². The molecular formula is C3H5N3O4. The topological polar surface area (TPSA) is 91.9 Å². The lowest BCUT2D eigenvalue weighted by atomic mass is 10.7. The van der Waals surface area contributed by atoms with Crippen LogP contribution < -0.4 is 9.96 Å². The first-order chi connectivity index (χ1) is 4.75. The van der Waals surface area contributed by atoms with Crippen LogP contribution in [0.15, 0.2) is 4.63 Å². The summed E-state index contributed by atoms with van der Waals surface area (Å²) in [5.41, 5.74) is 0. The number of aromatic nitrogens is 2. The van der Waals surface area contributed by atoms with Crippen molar-refractivity contribution in [3.05, 3.63) is 0 Å². The summed E-state index contributed by atoms with van der Waals surface area (Å²) < 4.78 is 8.63. The van der Waals surface area contributed by atoms with Crippen molar-refractivity contribution in [1.29, 1.82) is 0 Å². The summed E-state index contributed by atoms with van der Waals surface area (Å²) in [7, 11) is 1.30. The van der Waals surface area contributed by atoms with E-state index in [9.17, 15) is 0 Å². The average Bonchev–Trinajstić information content (AvgIpc) is 2.33. The molecule has 0 bridgehead atoms. The molecule has 0 unspecified atom stereocenters. The molecule has 0 saturated carbocycles. The molecule has 2 N–H and O–H groups in total. The third-order valence-electron chi connectivity index (χ3n) is 0.825.